The summed E-state index contributed by atoms with van der Waals surface area (Å²) >= 11 is 0. The lowest BCUT2D eigenvalue weighted by atomic mass is 10.3. The number of phenols is 1. The summed E-state index contributed by atoms with van der Waals surface area (Å²) in [5.41, 5.74) is 5.79. The second-order valence-corrected chi connectivity index (χ2v) is 2.25. The van der Waals surface area contributed by atoms with E-state index < -0.39 is 0 Å². The van der Waals surface area contributed by atoms with Crippen LogP contribution < -0.4 is 11.1 Å². The molecule has 0 amide bonds. The first-order chi connectivity index (χ1) is 6.22. The maximum Gasteiger partial charge on any atom is 0.207 e. The van der Waals surface area contributed by atoms with Gasteiger partial charge in [-0.2, -0.15) is 5.26 Å². The molecule has 0 heterocycles. The van der Waals surface area contributed by atoms with Crippen molar-refractivity contribution in [2.75, 3.05) is 0 Å². The Hall–Kier alpha value is -2.22. The number of nitrogens with two attached hydrogens (primary N) is 1. The van der Waals surface area contributed by atoms with Crippen molar-refractivity contribution in [3.05, 3.63) is 24.3 Å². The van der Waals surface area contributed by atoms with Crippen molar-refractivity contribution in [1.82, 2.24) is 5.32 Å². The second kappa shape index (κ2) is 3.97. The predicted molar refractivity (Wildman–Crippen MR) is 48.1 cm³/mol. The van der Waals surface area contributed by atoms with E-state index in [0.29, 0.717) is 5.69 Å². The molecule has 0 bridgehead atoms. The quantitative estimate of drug-likeness (QED) is 0.250. The van der Waals surface area contributed by atoms with Crippen LogP contribution >= 0.6 is 0 Å². The Kier molecular flexibility index (Phi) is 2.71. The van der Waals surface area contributed by atoms with E-state index in [1.807, 2.05) is 0 Å². The number of hydrogen-bond donors (Lipinski definition) is 3. The number of phenolic OH excluding ortho intramolecular Hbond substituents is 1. The molecule has 0 saturated heterocycles. The van der Waals surface area contributed by atoms with Crippen molar-refractivity contribution in [1.29, 1.82) is 5.26 Å². The van der Waals surface area contributed by atoms with Gasteiger partial charge in [0.25, 0.3) is 0 Å². The third-order valence-electron chi connectivity index (χ3n) is 1.26. The zero-order chi connectivity index (χ0) is 9.68. The first-order valence-electron chi connectivity index (χ1n) is 3.50. The average molecular weight is 176 g/mol. The molecule has 0 spiro atoms. The standard InChI is InChI=1S/C8H8N4O/c9-5-11-8(10)12-6-2-1-3-7(13)4-6/h1-4,13H,(H3,10,11,12). The Morgan fingerprint density at radius 3 is 3.00 bits per heavy atom. The smallest absolute Gasteiger partial charge is 0.207 e. The van der Waals surface area contributed by atoms with Crippen LogP contribution in [0.2, 0.25) is 0 Å². The van der Waals surface area contributed by atoms with Gasteiger partial charge in [0.15, 0.2) is 6.19 Å². The van der Waals surface area contributed by atoms with Crippen LogP contribution in [0.25, 0.3) is 0 Å². The summed E-state index contributed by atoms with van der Waals surface area (Å²) in [5, 5.41) is 19.4. The summed E-state index contributed by atoms with van der Waals surface area (Å²) in [5.74, 6) is 0.0964. The van der Waals surface area contributed by atoms with Crippen molar-refractivity contribution < 1.29 is 5.11 Å². The van der Waals surface area contributed by atoms with Gasteiger partial charge in [-0.25, -0.2) is 4.99 Å². The van der Waals surface area contributed by atoms with Crippen LogP contribution in [0.4, 0.5) is 5.69 Å². The summed E-state index contributed by atoms with van der Waals surface area (Å²) in [6.07, 6.45) is 1.63. The van der Waals surface area contributed by atoms with Crippen LogP contribution in [0, 0.1) is 11.5 Å². The average Bonchev–Trinajstić information content (AvgIpc) is 2.04. The van der Waals surface area contributed by atoms with E-state index in [0.717, 1.165) is 0 Å². The Balaban J connectivity index is 2.86. The van der Waals surface area contributed by atoms with Gasteiger partial charge >= 0.3 is 0 Å². The Bertz CT molecular complexity index is 367. The van der Waals surface area contributed by atoms with Gasteiger partial charge in [0, 0.05) is 6.07 Å². The number of nitrogens with one attached hydrogen (secondary N) is 1. The highest BCUT2D eigenvalue weighted by molar-refractivity contribution is 5.82. The molecule has 5 nitrogen and oxygen atoms in total. The van der Waals surface area contributed by atoms with Gasteiger partial charge in [0.05, 0.1) is 5.69 Å². The normalized spacial score (nSPS) is 10.5. The second-order valence-electron chi connectivity index (χ2n) is 2.25. The van der Waals surface area contributed by atoms with Crippen LogP contribution in [-0.4, -0.2) is 11.1 Å². The number of aliphatic imine (C=N–C) groups is 1. The van der Waals surface area contributed by atoms with Crippen molar-refractivity contribution >= 4 is 11.6 Å². The van der Waals surface area contributed by atoms with Crippen LogP contribution in [0.5, 0.6) is 5.75 Å². The van der Waals surface area contributed by atoms with Crippen LogP contribution in [0.15, 0.2) is 29.3 Å². The molecular weight excluding hydrogens is 168 g/mol. The van der Waals surface area contributed by atoms with Crippen molar-refractivity contribution in [2.24, 2.45) is 10.7 Å². The minimum absolute atomic E-state index is 0.00639. The molecule has 13 heavy (non-hydrogen) atoms. The first-order valence-corrected chi connectivity index (χ1v) is 3.50. The van der Waals surface area contributed by atoms with Crippen molar-refractivity contribution in [3.8, 4) is 11.9 Å². The number of nitriles is 1. The maximum absolute atomic E-state index is 9.06. The van der Waals surface area contributed by atoms with Gasteiger partial charge in [-0.15, -0.1) is 0 Å². The molecule has 0 unspecified atom stereocenters. The molecule has 0 fully saturated rings. The predicted octanol–water partition coefficient (Wildman–Crippen LogP) is 0.409. The lowest BCUT2D eigenvalue weighted by molar-refractivity contribution is 0.475. The molecule has 0 saturated carbocycles. The van der Waals surface area contributed by atoms with Gasteiger partial charge in [-0.1, -0.05) is 6.07 Å². The highest BCUT2D eigenvalue weighted by Crippen LogP contribution is 2.17. The van der Waals surface area contributed by atoms with E-state index in [4.69, 9.17) is 16.1 Å². The number of benzene rings is 1. The van der Waals surface area contributed by atoms with Crippen molar-refractivity contribution in [2.45, 2.75) is 0 Å². The molecule has 0 aliphatic heterocycles. The number of hydrogen-bond acceptors (Lipinski definition) is 3. The highest BCUT2D eigenvalue weighted by atomic mass is 16.3. The number of nitrogens with zero attached hydrogens (tertiary/aromatic N) is 2. The third kappa shape index (κ3) is 2.71. The lowest BCUT2D eigenvalue weighted by Crippen LogP contribution is -2.26. The first kappa shape index (κ1) is 8.87. The number of guanidine groups is 1. The maximum atomic E-state index is 9.06. The molecule has 5 heteroatoms. The molecule has 0 radical (unpaired) electrons. The molecule has 66 valence electrons. The molecule has 1 rings (SSSR count). The molecule has 0 aromatic heterocycles. The fourth-order valence-electron chi connectivity index (χ4n) is 0.787. The van der Waals surface area contributed by atoms with Gasteiger partial charge < -0.3 is 10.8 Å². The molecule has 1 aromatic rings. The van der Waals surface area contributed by atoms with Gasteiger partial charge in [0.1, 0.15) is 5.75 Å². The zero-order valence-electron chi connectivity index (χ0n) is 6.73. The largest absolute Gasteiger partial charge is 0.508 e. The van der Waals surface area contributed by atoms with E-state index in [9.17, 15) is 0 Å². The van der Waals surface area contributed by atoms with E-state index in [-0.39, 0.29) is 11.7 Å². The molecule has 1 aromatic carbocycles. The Morgan fingerprint density at radius 2 is 2.38 bits per heavy atom. The number of aromatic hydroxyl groups is 1. The molecular formula is C8H8N4O. The van der Waals surface area contributed by atoms with Gasteiger partial charge in [0.2, 0.25) is 5.96 Å². The summed E-state index contributed by atoms with van der Waals surface area (Å²) in [7, 11) is 0. The molecule has 0 aliphatic carbocycles. The zero-order valence-corrected chi connectivity index (χ0v) is 6.73. The minimum atomic E-state index is -0.00639. The SMILES string of the molecule is N#CNC(N)=Nc1cccc(O)c1. The summed E-state index contributed by atoms with van der Waals surface area (Å²) < 4.78 is 0. The Labute approximate surface area is 75.1 Å². The molecule has 0 aliphatic rings. The van der Waals surface area contributed by atoms with Crippen LogP contribution in [-0.2, 0) is 0 Å². The van der Waals surface area contributed by atoms with Crippen LogP contribution in [0.3, 0.4) is 0 Å². The van der Waals surface area contributed by atoms with E-state index in [1.54, 1.807) is 18.3 Å². The summed E-state index contributed by atoms with van der Waals surface area (Å²) in [4.78, 5) is 3.81. The molecule has 4 N–H and O–H groups in total. The van der Waals surface area contributed by atoms with Gasteiger partial charge in [-0.3, -0.25) is 5.32 Å². The monoisotopic (exact) mass is 176 g/mol. The van der Waals surface area contributed by atoms with Crippen LogP contribution in [0.1, 0.15) is 0 Å². The minimum Gasteiger partial charge on any atom is -0.508 e. The molecule has 0 atom stereocenters. The van der Waals surface area contributed by atoms with E-state index in [1.165, 1.54) is 12.1 Å². The highest BCUT2D eigenvalue weighted by Gasteiger charge is 1.93. The topological polar surface area (TPSA) is 94.4 Å². The lowest BCUT2D eigenvalue weighted by Gasteiger charge is -1.97. The van der Waals surface area contributed by atoms with E-state index in [2.05, 4.69) is 10.3 Å². The fourth-order valence-corrected chi connectivity index (χ4v) is 0.787. The summed E-state index contributed by atoms with van der Waals surface area (Å²) in [6, 6.07) is 6.25. The van der Waals surface area contributed by atoms with Gasteiger partial charge in [-0.05, 0) is 12.1 Å². The number of rotatable bonds is 1. The van der Waals surface area contributed by atoms with Crippen molar-refractivity contribution in [3.63, 3.8) is 0 Å². The fraction of sp³-hybridized carbons (Fsp3) is 0. The third-order valence-corrected chi connectivity index (χ3v) is 1.26. The van der Waals surface area contributed by atoms with E-state index >= 15 is 0 Å². The Morgan fingerprint density at radius 1 is 1.62 bits per heavy atom. The summed E-state index contributed by atoms with van der Waals surface area (Å²) in [6.45, 7) is 0.